The third-order valence-electron chi connectivity index (χ3n) is 4.20. The predicted octanol–water partition coefficient (Wildman–Crippen LogP) is 2.70. The Bertz CT molecular complexity index is 982. The average Bonchev–Trinajstić information content (AvgIpc) is 3.34. The molecule has 4 aromatic rings. The Morgan fingerprint density at radius 3 is 1.46 bits per heavy atom. The first-order chi connectivity index (χ1) is 12.7. The van der Waals surface area contributed by atoms with Crippen molar-refractivity contribution in [1.29, 1.82) is 0 Å². The summed E-state index contributed by atoms with van der Waals surface area (Å²) >= 11 is 0. The summed E-state index contributed by atoms with van der Waals surface area (Å²) in [4.78, 5) is 16.4. The Hall–Kier alpha value is -3.61. The molecule has 0 saturated carbocycles. The first kappa shape index (κ1) is 15.9. The van der Waals surface area contributed by atoms with Gasteiger partial charge in [0.25, 0.3) is 0 Å². The van der Waals surface area contributed by atoms with Gasteiger partial charge in [-0.3, -0.25) is 4.79 Å². The summed E-state index contributed by atoms with van der Waals surface area (Å²) in [5.41, 5.74) is 4.23. The fraction of sp³-hybridized carbons (Fsp3) is 0.105. The highest BCUT2D eigenvalue weighted by Gasteiger charge is 2.22. The standard InChI is InChI=1S/C19H16N6O/c1-13-5-3-7-15(17(13)24-20-9-10-21-24)19(26)16-8-4-6-14(2)18(16)25-22-11-12-23-25/h3-12H,1-2H3. The van der Waals surface area contributed by atoms with E-state index in [2.05, 4.69) is 20.4 Å². The second-order valence-corrected chi connectivity index (χ2v) is 5.91. The van der Waals surface area contributed by atoms with Crippen LogP contribution in [0.25, 0.3) is 11.4 Å². The lowest BCUT2D eigenvalue weighted by Crippen LogP contribution is -2.15. The van der Waals surface area contributed by atoms with Crippen LogP contribution in [0.3, 0.4) is 0 Å². The maximum absolute atomic E-state index is 13.4. The van der Waals surface area contributed by atoms with E-state index < -0.39 is 0 Å². The number of carbonyl (C=O) groups excluding carboxylic acids is 1. The highest BCUT2D eigenvalue weighted by atomic mass is 16.1. The topological polar surface area (TPSA) is 78.5 Å². The molecule has 26 heavy (non-hydrogen) atoms. The number of nitrogens with zero attached hydrogens (tertiary/aromatic N) is 6. The van der Waals surface area contributed by atoms with E-state index in [1.807, 2.05) is 38.1 Å². The molecule has 0 aliphatic carbocycles. The lowest BCUT2D eigenvalue weighted by atomic mass is 9.96. The molecular weight excluding hydrogens is 328 g/mol. The number of hydrogen-bond acceptors (Lipinski definition) is 5. The minimum atomic E-state index is -0.128. The van der Waals surface area contributed by atoms with Crippen molar-refractivity contribution in [3.8, 4) is 11.4 Å². The van der Waals surface area contributed by atoms with Crippen LogP contribution in [0.1, 0.15) is 27.0 Å². The summed E-state index contributed by atoms with van der Waals surface area (Å²) < 4.78 is 0. The van der Waals surface area contributed by atoms with Crippen LogP contribution < -0.4 is 0 Å². The lowest BCUT2D eigenvalue weighted by molar-refractivity contribution is 0.103. The summed E-state index contributed by atoms with van der Waals surface area (Å²) in [6.45, 7) is 3.86. The molecule has 0 radical (unpaired) electrons. The molecule has 7 nitrogen and oxygen atoms in total. The van der Waals surface area contributed by atoms with E-state index in [-0.39, 0.29) is 5.78 Å². The van der Waals surface area contributed by atoms with Gasteiger partial charge in [-0.15, -0.1) is 0 Å². The Kier molecular flexibility index (Phi) is 3.89. The monoisotopic (exact) mass is 344 g/mol. The zero-order valence-corrected chi connectivity index (χ0v) is 14.4. The van der Waals surface area contributed by atoms with Crippen LogP contribution in [0.5, 0.6) is 0 Å². The van der Waals surface area contributed by atoms with E-state index in [0.29, 0.717) is 22.5 Å². The van der Waals surface area contributed by atoms with Crippen LogP contribution in [0.4, 0.5) is 0 Å². The van der Waals surface area contributed by atoms with Gasteiger partial charge in [-0.1, -0.05) is 24.3 Å². The van der Waals surface area contributed by atoms with Crippen molar-refractivity contribution in [1.82, 2.24) is 30.0 Å². The van der Waals surface area contributed by atoms with Crippen LogP contribution in [-0.4, -0.2) is 35.8 Å². The quantitative estimate of drug-likeness (QED) is 0.532. The number of aromatic nitrogens is 6. The van der Waals surface area contributed by atoms with Crippen LogP contribution in [0.15, 0.2) is 61.2 Å². The Morgan fingerprint density at radius 1 is 0.692 bits per heavy atom. The van der Waals surface area contributed by atoms with E-state index in [0.717, 1.165) is 11.1 Å². The molecule has 0 saturated heterocycles. The first-order valence-corrected chi connectivity index (χ1v) is 8.14. The zero-order chi connectivity index (χ0) is 18.1. The van der Waals surface area contributed by atoms with Crippen molar-refractivity contribution < 1.29 is 4.79 Å². The minimum Gasteiger partial charge on any atom is -0.288 e. The molecule has 4 rings (SSSR count). The summed E-state index contributed by atoms with van der Waals surface area (Å²) in [7, 11) is 0. The molecule has 2 heterocycles. The number of rotatable bonds is 4. The molecule has 2 aromatic heterocycles. The number of aryl methyl sites for hydroxylation is 2. The van der Waals surface area contributed by atoms with E-state index in [9.17, 15) is 4.79 Å². The van der Waals surface area contributed by atoms with Crippen LogP contribution in [0, 0.1) is 13.8 Å². The van der Waals surface area contributed by atoms with Gasteiger partial charge in [-0.2, -0.15) is 30.0 Å². The van der Waals surface area contributed by atoms with Crippen molar-refractivity contribution in [3.63, 3.8) is 0 Å². The van der Waals surface area contributed by atoms with Crippen molar-refractivity contribution in [3.05, 3.63) is 83.4 Å². The van der Waals surface area contributed by atoms with Gasteiger partial charge in [-0.05, 0) is 37.1 Å². The number of hydrogen-bond donors (Lipinski definition) is 0. The Morgan fingerprint density at radius 2 is 1.08 bits per heavy atom. The molecule has 0 N–H and O–H groups in total. The van der Waals surface area contributed by atoms with Crippen molar-refractivity contribution in [2.45, 2.75) is 13.8 Å². The summed E-state index contributed by atoms with van der Waals surface area (Å²) in [6, 6.07) is 11.2. The highest BCUT2D eigenvalue weighted by Crippen LogP contribution is 2.25. The molecule has 128 valence electrons. The van der Waals surface area contributed by atoms with Gasteiger partial charge in [0.1, 0.15) is 0 Å². The molecule has 0 aliphatic rings. The van der Waals surface area contributed by atoms with Crippen LogP contribution >= 0.6 is 0 Å². The smallest absolute Gasteiger partial charge is 0.197 e. The normalized spacial score (nSPS) is 10.8. The molecule has 0 aliphatic heterocycles. The fourth-order valence-corrected chi connectivity index (χ4v) is 3.02. The van der Waals surface area contributed by atoms with Gasteiger partial charge in [-0.25, -0.2) is 0 Å². The molecule has 0 fully saturated rings. The summed E-state index contributed by atoms with van der Waals surface area (Å²) in [5, 5.41) is 16.8. The van der Waals surface area contributed by atoms with Crippen molar-refractivity contribution in [2.75, 3.05) is 0 Å². The van der Waals surface area contributed by atoms with Gasteiger partial charge in [0.2, 0.25) is 0 Å². The third-order valence-corrected chi connectivity index (χ3v) is 4.20. The van der Waals surface area contributed by atoms with E-state index in [1.165, 1.54) is 9.59 Å². The zero-order valence-electron chi connectivity index (χ0n) is 14.4. The molecule has 2 aromatic carbocycles. The largest absolute Gasteiger partial charge is 0.288 e. The second kappa shape index (κ2) is 6.36. The second-order valence-electron chi connectivity index (χ2n) is 5.91. The fourth-order valence-electron chi connectivity index (χ4n) is 3.02. The molecule has 0 amide bonds. The van der Waals surface area contributed by atoms with E-state index >= 15 is 0 Å². The van der Waals surface area contributed by atoms with E-state index in [1.54, 1.807) is 36.9 Å². The number of carbonyl (C=O) groups is 1. The van der Waals surface area contributed by atoms with E-state index in [4.69, 9.17) is 0 Å². The Labute approximate surface area is 149 Å². The molecular formula is C19H16N6O. The van der Waals surface area contributed by atoms with Crippen molar-refractivity contribution >= 4 is 5.78 Å². The molecule has 0 unspecified atom stereocenters. The lowest BCUT2D eigenvalue weighted by Gasteiger charge is -2.14. The van der Waals surface area contributed by atoms with Gasteiger partial charge in [0.05, 0.1) is 47.3 Å². The van der Waals surface area contributed by atoms with Crippen molar-refractivity contribution in [2.24, 2.45) is 0 Å². The number of para-hydroxylation sites is 2. The maximum Gasteiger partial charge on any atom is 0.197 e. The maximum atomic E-state index is 13.4. The SMILES string of the molecule is Cc1cccc(C(=O)c2cccc(C)c2-n2nccn2)c1-n1nccn1. The first-order valence-electron chi connectivity index (χ1n) is 8.14. The van der Waals surface area contributed by atoms with Crippen LogP contribution in [-0.2, 0) is 0 Å². The Balaban J connectivity index is 1.92. The summed E-state index contributed by atoms with van der Waals surface area (Å²) in [6.07, 6.45) is 6.36. The minimum absolute atomic E-state index is 0.128. The molecule has 0 spiro atoms. The van der Waals surface area contributed by atoms with Gasteiger partial charge >= 0.3 is 0 Å². The average molecular weight is 344 g/mol. The molecule has 0 atom stereocenters. The molecule has 7 heteroatoms. The summed E-state index contributed by atoms with van der Waals surface area (Å²) in [5.74, 6) is -0.128. The van der Waals surface area contributed by atoms with Crippen LogP contribution in [0.2, 0.25) is 0 Å². The predicted molar refractivity (Wildman–Crippen MR) is 95.6 cm³/mol. The van der Waals surface area contributed by atoms with Gasteiger partial charge in [0, 0.05) is 0 Å². The number of ketones is 1. The van der Waals surface area contributed by atoms with Gasteiger partial charge in [0.15, 0.2) is 5.78 Å². The molecule has 0 bridgehead atoms. The van der Waals surface area contributed by atoms with Gasteiger partial charge < -0.3 is 0 Å². The number of benzene rings is 2. The third kappa shape index (κ3) is 2.59. The highest BCUT2D eigenvalue weighted by molar-refractivity contribution is 6.13.